The van der Waals surface area contributed by atoms with Gasteiger partial charge in [-0.3, -0.25) is 0 Å². The highest BCUT2D eigenvalue weighted by Gasteiger charge is 2.16. The van der Waals surface area contributed by atoms with Crippen molar-refractivity contribution in [3.8, 4) is 11.4 Å². The van der Waals surface area contributed by atoms with Gasteiger partial charge in [0, 0.05) is 11.6 Å². The van der Waals surface area contributed by atoms with Crippen LogP contribution in [0.1, 0.15) is 43.6 Å². The zero-order valence-corrected chi connectivity index (χ0v) is 16.6. The van der Waals surface area contributed by atoms with Crippen molar-refractivity contribution < 1.29 is 8.91 Å². The van der Waals surface area contributed by atoms with Gasteiger partial charge >= 0.3 is 0 Å². The number of thioether (sulfide) groups is 1. The third-order valence-electron chi connectivity index (χ3n) is 4.56. The summed E-state index contributed by atoms with van der Waals surface area (Å²) < 4.78 is 19.8. The lowest BCUT2D eigenvalue weighted by molar-refractivity contribution is 0.391. The molecule has 3 aromatic rings. The molecule has 1 fully saturated rings. The number of aromatic nitrogens is 4. The Morgan fingerprint density at radius 2 is 2.11 bits per heavy atom. The van der Waals surface area contributed by atoms with Crippen molar-refractivity contribution in [1.82, 2.24) is 20.3 Å². The van der Waals surface area contributed by atoms with Crippen LogP contribution in [0.25, 0.3) is 11.4 Å². The number of halogens is 1. The molecule has 1 aliphatic carbocycles. The summed E-state index contributed by atoms with van der Waals surface area (Å²) >= 11 is 3.05. The van der Waals surface area contributed by atoms with E-state index in [0.29, 0.717) is 34.6 Å². The number of rotatable bonds is 6. The van der Waals surface area contributed by atoms with Crippen LogP contribution >= 0.6 is 23.1 Å². The van der Waals surface area contributed by atoms with Gasteiger partial charge in [-0.15, -0.1) is 10.2 Å². The van der Waals surface area contributed by atoms with E-state index < -0.39 is 0 Å². The van der Waals surface area contributed by atoms with Crippen molar-refractivity contribution in [2.45, 2.75) is 55.2 Å². The zero-order valence-electron chi connectivity index (χ0n) is 14.9. The van der Waals surface area contributed by atoms with Crippen molar-refractivity contribution in [2.24, 2.45) is 0 Å². The van der Waals surface area contributed by atoms with Crippen LogP contribution in [0.3, 0.4) is 0 Å². The molecule has 0 saturated heterocycles. The van der Waals surface area contributed by atoms with Gasteiger partial charge in [-0.1, -0.05) is 59.7 Å². The first kappa shape index (κ1) is 18.4. The molecule has 1 aliphatic rings. The highest BCUT2D eigenvalue weighted by molar-refractivity contribution is 8.00. The van der Waals surface area contributed by atoms with E-state index in [-0.39, 0.29) is 5.82 Å². The molecule has 2 aromatic heterocycles. The van der Waals surface area contributed by atoms with Crippen LogP contribution in [0.5, 0.6) is 0 Å². The molecule has 6 nitrogen and oxygen atoms in total. The predicted molar refractivity (Wildman–Crippen MR) is 104 cm³/mol. The molecule has 27 heavy (non-hydrogen) atoms. The summed E-state index contributed by atoms with van der Waals surface area (Å²) in [7, 11) is 0. The van der Waals surface area contributed by atoms with Crippen LogP contribution in [-0.2, 0) is 5.75 Å². The first-order valence-corrected chi connectivity index (χ1v) is 10.8. The smallest absolute Gasteiger partial charge is 0.237 e. The first-order chi connectivity index (χ1) is 13.2. The van der Waals surface area contributed by atoms with Gasteiger partial charge in [0.25, 0.3) is 0 Å². The summed E-state index contributed by atoms with van der Waals surface area (Å²) in [6.45, 7) is 1.72. The van der Waals surface area contributed by atoms with E-state index in [2.05, 4.69) is 25.7 Å². The van der Waals surface area contributed by atoms with E-state index in [4.69, 9.17) is 4.52 Å². The molecule has 0 aliphatic heterocycles. The highest BCUT2D eigenvalue weighted by Crippen LogP contribution is 2.30. The van der Waals surface area contributed by atoms with Crippen LogP contribution in [0.2, 0.25) is 0 Å². The molecule has 9 heteroatoms. The number of nitrogens with zero attached hydrogens (tertiary/aromatic N) is 4. The van der Waals surface area contributed by atoms with Gasteiger partial charge in [0.05, 0.1) is 5.75 Å². The van der Waals surface area contributed by atoms with Crippen LogP contribution in [-0.4, -0.2) is 26.4 Å². The quantitative estimate of drug-likeness (QED) is 0.574. The Hall–Kier alpha value is -2.00. The fraction of sp³-hybridized carbons (Fsp3) is 0.444. The molecule has 0 atom stereocenters. The number of hydrogen-bond donors (Lipinski definition) is 1. The van der Waals surface area contributed by atoms with Gasteiger partial charge in [0.15, 0.2) is 4.34 Å². The summed E-state index contributed by atoms with van der Waals surface area (Å²) in [6, 6.07) is 5.43. The summed E-state index contributed by atoms with van der Waals surface area (Å²) in [4.78, 5) is 4.34. The normalized spacial score (nSPS) is 15.2. The Bertz CT molecular complexity index is 907. The van der Waals surface area contributed by atoms with Crippen molar-refractivity contribution in [1.29, 1.82) is 0 Å². The molecule has 1 saturated carbocycles. The molecule has 142 valence electrons. The van der Waals surface area contributed by atoms with Gasteiger partial charge in [0.2, 0.25) is 16.8 Å². The zero-order chi connectivity index (χ0) is 18.6. The Morgan fingerprint density at radius 1 is 1.26 bits per heavy atom. The molecule has 0 amide bonds. The van der Waals surface area contributed by atoms with E-state index in [0.717, 1.165) is 9.47 Å². The molecule has 0 spiro atoms. The van der Waals surface area contributed by atoms with E-state index in [9.17, 15) is 4.39 Å². The number of nitrogens with one attached hydrogen (secondary N) is 1. The van der Waals surface area contributed by atoms with Gasteiger partial charge < -0.3 is 9.84 Å². The Morgan fingerprint density at radius 3 is 2.93 bits per heavy atom. The minimum atomic E-state index is -0.278. The lowest BCUT2D eigenvalue weighted by atomic mass is 9.96. The third-order valence-corrected chi connectivity index (χ3v) is 6.53. The van der Waals surface area contributed by atoms with E-state index >= 15 is 0 Å². The molecule has 2 heterocycles. The monoisotopic (exact) mass is 405 g/mol. The summed E-state index contributed by atoms with van der Waals surface area (Å²) in [5.74, 6) is 1.09. The number of anilines is 1. The fourth-order valence-corrected chi connectivity index (χ4v) is 4.70. The van der Waals surface area contributed by atoms with Gasteiger partial charge in [-0.2, -0.15) is 4.98 Å². The van der Waals surface area contributed by atoms with Gasteiger partial charge in [0.1, 0.15) is 5.82 Å². The predicted octanol–water partition coefficient (Wildman–Crippen LogP) is 5.07. The molecule has 1 aromatic carbocycles. The average Bonchev–Trinajstić information content (AvgIpc) is 3.33. The maximum atomic E-state index is 13.7. The number of aryl methyl sites for hydroxylation is 1. The van der Waals surface area contributed by atoms with Gasteiger partial charge in [-0.25, -0.2) is 4.39 Å². The number of hydrogen-bond acceptors (Lipinski definition) is 8. The molecular formula is C18H20FN5OS2. The lowest BCUT2D eigenvalue weighted by Gasteiger charge is -2.21. The number of benzene rings is 1. The topological polar surface area (TPSA) is 76.7 Å². The van der Waals surface area contributed by atoms with Gasteiger partial charge in [-0.05, 0) is 31.4 Å². The molecule has 0 radical (unpaired) electrons. The minimum Gasteiger partial charge on any atom is -0.357 e. The summed E-state index contributed by atoms with van der Waals surface area (Å²) in [5, 5.41) is 16.7. The maximum absolute atomic E-state index is 13.7. The Balaban J connectivity index is 1.34. The van der Waals surface area contributed by atoms with Crippen LogP contribution in [0, 0.1) is 12.7 Å². The largest absolute Gasteiger partial charge is 0.357 e. The molecular weight excluding hydrogens is 385 g/mol. The second kappa shape index (κ2) is 8.35. The molecule has 1 N–H and O–H groups in total. The van der Waals surface area contributed by atoms with Crippen molar-refractivity contribution >= 4 is 28.2 Å². The van der Waals surface area contributed by atoms with Crippen LogP contribution in [0.4, 0.5) is 9.52 Å². The SMILES string of the molecule is Cc1ccc(-c2noc(CSc3nnc(NC4CCCCC4)s3)n2)cc1F. The Labute approximate surface area is 165 Å². The minimum absolute atomic E-state index is 0.278. The standard InChI is InChI=1S/C18H20FN5OS2/c1-11-7-8-12(9-14(11)19)16-21-15(25-24-16)10-26-18-23-22-17(27-18)20-13-5-3-2-4-6-13/h7-9,13H,2-6,10H2,1H3,(H,20,22). The summed E-state index contributed by atoms with van der Waals surface area (Å²) in [5.41, 5.74) is 1.19. The Kier molecular flexibility index (Phi) is 5.68. The van der Waals surface area contributed by atoms with E-state index in [1.807, 2.05) is 0 Å². The van der Waals surface area contributed by atoms with E-state index in [1.165, 1.54) is 49.9 Å². The summed E-state index contributed by atoms with van der Waals surface area (Å²) in [6.07, 6.45) is 6.29. The first-order valence-electron chi connectivity index (χ1n) is 8.99. The van der Waals surface area contributed by atoms with Crippen molar-refractivity contribution in [3.05, 3.63) is 35.5 Å². The molecule has 4 rings (SSSR count). The molecule has 0 bridgehead atoms. The molecule has 0 unspecified atom stereocenters. The lowest BCUT2D eigenvalue weighted by Crippen LogP contribution is -2.21. The van der Waals surface area contributed by atoms with E-state index in [1.54, 1.807) is 30.4 Å². The second-order valence-electron chi connectivity index (χ2n) is 6.62. The van der Waals surface area contributed by atoms with Crippen molar-refractivity contribution in [3.63, 3.8) is 0 Å². The fourth-order valence-electron chi connectivity index (χ4n) is 3.03. The van der Waals surface area contributed by atoms with Crippen LogP contribution < -0.4 is 5.32 Å². The average molecular weight is 406 g/mol. The third kappa shape index (κ3) is 4.65. The second-order valence-corrected chi connectivity index (χ2v) is 8.82. The highest BCUT2D eigenvalue weighted by atomic mass is 32.2. The maximum Gasteiger partial charge on any atom is 0.237 e. The van der Waals surface area contributed by atoms with Crippen molar-refractivity contribution in [2.75, 3.05) is 5.32 Å². The van der Waals surface area contributed by atoms with Crippen LogP contribution in [0.15, 0.2) is 27.1 Å².